The Balaban J connectivity index is 2.50. The number of ether oxygens (including phenoxy) is 1. The van der Waals surface area contributed by atoms with Gasteiger partial charge in [0.25, 0.3) is 0 Å². The second-order valence-corrected chi connectivity index (χ2v) is 6.52. The molecule has 1 unspecified atom stereocenters. The molecular weight excluding hydrogens is 296 g/mol. The maximum Gasteiger partial charge on any atom is 0.339 e. The Kier molecular flexibility index (Phi) is 4.29. The first-order valence-corrected chi connectivity index (χ1v) is 7.82. The number of carbonyl (C=O) groups is 2. The summed E-state index contributed by atoms with van der Waals surface area (Å²) in [6.45, 7) is 0.200. The SMILES string of the molecule is COC(=O)c1ccccc1S(=O)(=O)N1CCCC1C(N)=O. The van der Waals surface area contributed by atoms with Crippen molar-refractivity contribution in [2.75, 3.05) is 13.7 Å². The lowest BCUT2D eigenvalue weighted by Crippen LogP contribution is -2.43. The number of nitrogens with zero attached hydrogens (tertiary/aromatic N) is 1. The molecule has 1 fully saturated rings. The number of amides is 1. The third kappa shape index (κ3) is 2.77. The molecular formula is C13H16N2O5S. The highest BCUT2D eigenvalue weighted by Gasteiger charge is 2.39. The number of methoxy groups -OCH3 is 1. The van der Waals surface area contributed by atoms with E-state index in [1.807, 2.05) is 0 Å². The molecule has 1 aliphatic rings. The number of sulfonamides is 1. The molecule has 1 aliphatic heterocycles. The Bertz CT molecular complexity index is 671. The molecule has 1 amide bonds. The van der Waals surface area contributed by atoms with Crippen LogP contribution in [0.25, 0.3) is 0 Å². The highest BCUT2D eigenvalue weighted by molar-refractivity contribution is 7.89. The minimum atomic E-state index is -3.99. The molecule has 1 aromatic carbocycles. The highest BCUT2D eigenvalue weighted by atomic mass is 32.2. The van der Waals surface area contributed by atoms with E-state index in [1.54, 1.807) is 6.07 Å². The Labute approximate surface area is 122 Å². The number of nitrogens with two attached hydrogens (primary N) is 1. The molecule has 0 saturated carbocycles. The Hall–Kier alpha value is -1.93. The Morgan fingerprint density at radius 3 is 2.62 bits per heavy atom. The van der Waals surface area contributed by atoms with Gasteiger partial charge in [-0.15, -0.1) is 0 Å². The first-order valence-electron chi connectivity index (χ1n) is 6.38. The number of benzene rings is 1. The quantitative estimate of drug-likeness (QED) is 0.794. The summed E-state index contributed by atoms with van der Waals surface area (Å²) in [5.41, 5.74) is 5.19. The van der Waals surface area contributed by atoms with Crippen LogP contribution < -0.4 is 5.73 Å². The maximum absolute atomic E-state index is 12.7. The third-order valence-corrected chi connectivity index (χ3v) is 5.38. The molecule has 1 atom stereocenters. The van der Waals surface area contributed by atoms with E-state index in [-0.39, 0.29) is 17.0 Å². The molecule has 8 heteroatoms. The molecule has 0 radical (unpaired) electrons. The lowest BCUT2D eigenvalue weighted by atomic mass is 10.2. The van der Waals surface area contributed by atoms with E-state index in [0.29, 0.717) is 12.8 Å². The number of hydrogen-bond donors (Lipinski definition) is 1. The summed E-state index contributed by atoms with van der Waals surface area (Å²) in [6, 6.07) is 4.86. The van der Waals surface area contributed by atoms with Gasteiger partial charge in [0.1, 0.15) is 6.04 Å². The predicted molar refractivity (Wildman–Crippen MR) is 73.9 cm³/mol. The van der Waals surface area contributed by atoms with Gasteiger partial charge in [-0.05, 0) is 25.0 Å². The normalized spacial score (nSPS) is 19.4. The van der Waals surface area contributed by atoms with Gasteiger partial charge >= 0.3 is 5.97 Å². The average Bonchev–Trinajstić information content (AvgIpc) is 2.97. The van der Waals surface area contributed by atoms with Gasteiger partial charge in [-0.2, -0.15) is 4.31 Å². The van der Waals surface area contributed by atoms with Crippen molar-refractivity contribution in [3.05, 3.63) is 29.8 Å². The van der Waals surface area contributed by atoms with Crippen LogP contribution in [0.15, 0.2) is 29.2 Å². The number of hydrogen-bond acceptors (Lipinski definition) is 5. The fourth-order valence-electron chi connectivity index (χ4n) is 2.41. The molecule has 0 aromatic heterocycles. The van der Waals surface area contributed by atoms with E-state index in [1.165, 1.54) is 25.3 Å². The summed E-state index contributed by atoms with van der Waals surface area (Å²) >= 11 is 0. The van der Waals surface area contributed by atoms with Crippen LogP contribution in [-0.4, -0.2) is 44.3 Å². The van der Waals surface area contributed by atoms with E-state index in [0.717, 1.165) is 4.31 Å². The summed E-state index contributed by atoms with van der Waals surface area (Å²) < 4.78 is 31.0. The Morgan fingerprint density at radius 1 is 1.33 bits per heavy atom. The van der Waals surface area contributed by atoms with E-state index in [2.05, 4.69) is 4.74 Å². The summed E-state index contributed by atoms with van der Waals surface area (Å²) in [7, 11) is -2.81. The second kappa shape index (κ2) is 5.82. The van der Waals surface area contributed by atoms with Crippen molar-refractivity contribution in [3.8, 4) is 0 Å². The summed E-state index contributed by atoms with van der Waals surface area (Å²) in [5.74, 6) is -1.43. The van der Waals surface area contributed by atoms with Gasteiger partial charge in [-0.1, -0.05) is 12.1 Å². The molecule has 0 spiro atoms. The van der Waals surface area contributed by atoms with Crippen LogP contribution in [-0.2, 0) is 19.6 Å². The van der Waals surface area contributed by atoms with Crippen LogP contribution in [0.5, 0.6) is 0 Å². The second-order valence-electron chi connectivity index (χ2n) is 4.66. The van der Waals surface area contributed by atoms with Crippen molar-refractivity contribution in [2.45, 2.75) is 23.8 Å². The average molecular weight is 312 g/mol. The van der Waals surface area contributed by atoms with Crippen LogP contribution >= 0.6 is 0 Å². The molecule has 1 heterocycles. The lowest BCUT2D eigenvalue weighted by molar-refractivity contribution is -0.121. The fraction of sp³-hybridized carbons (Fsp3) is 0.385. The highest BCUT2D eigenvalue weighted by Crippen LogP contribution is 2.28. The smallest absolute Gasteiger partial charge is 0.339 e. The van der Waals surface area contributed by atoms with Gasteiger partial charge in [-0.25, -0.2) is 13.2 Å². The standard InChI is InChI=1S/C13H16N2O5S/c1-20-13(17)9-5-2-3-7-11(9)21(18,19)15-8-4-6-10(15)12(14)16/h2-3,5,7,10H,4,6,8H2,1H3,(H2,14,16). The maximum atomic E-state index is 12.7. The number of primary amides is 1. The first-order chi connectivity index (χ1) is 9.89. The van der Waals surface area contributed by atoms with E-state index in [4.69, 9.17) is 5.73 Å². The van der Waals surface area contributed by atoms with Crippen LogP contribution in [0, 0.1) is 0 Å². The van der Waals surface area contributed by atoms with Gasteiger partial charge in [0.15, 0.2) is 0 Å². The van der Waals surface area contributed by atoms with Crippen molar-refractivity contribution >= 4 is 21.9 Å². The molecule has 21 heavy (non-hydrogen) atoms. The predicted octanol–water partition coefficient (Wildman–Crippen LogP) is 0.112. The van der Waals surface area contributed by atoms with E-state index >= 15 is 0 Å². The van der Waals surface area contributed by atoms with Gasteiger partial charge in [0.2, 0.25) is 15.9 Å². The van der Waals surface area contributed by atoms with Gasteiger partial charge in [0.05, 0.1) is 17.6 Å². The van der Waals surface area contributed by atoms with Crippen LogP contribution in [0.3, 0.4) is 0 Å². The minimum Gasteiger partial charge on any atom is -0.465 e. The summed E-state index contributed by atoms with van der Waals surface area (Å²) in [5, 5.41) is 0. The monoisotopic (exact) mass is 312 g/mol. The molecule has 1 aromatic rings. The molecule has 7 nitrogen and oxygen atoms in total. The summed E-state index contributed by atoms with van der Waals surface area (Å²) in [4.78, 5) is 22.9. The Morgan fingerprint density at radius 2 is 2.00 bits per heavy atom. The molecule has 2 rings (SSSR count). The number of carbonyl (C=O) groups excluding carboxylic acids is 2. The first kappa shape index (κ1) is 15.5. The van der Waals surface area contributed by atoms with Crippen molar-refractivity contribution < 1.29 is 22.7 Å². The van der Waals surface area contributed by atoms with E-state index < -0.39 is 27.9 Å². The minimum absolute atomic E-state index is 0.0601. The zero-order valence-corrected chi connectivity index (χ0v) is 12.3. The lowest BCUT2D eigenvalue weighted by Gasteiger charge is -2.22. The van der Waals surface area contributed by atoms with Crippen molar-refractivity contribution in [3.63, 3.8) is 0 Å². The van der Waals surface area contributed by atoms with Crippen molar-refractivity contribution in [1.29, 1.82) is 0 Å². The van der Waals surface area contributed by atoms with Crippen molar-refractivity contribution in [1.82, 2.24) is 4.31 Å². The molecule has 2 N–H and O–H groups in total. The molecule has 114 valence electrons. The number of esters is 1. The topological polar surface area (TPSA) is 107 Å². The fourth-order valence-corrected chi connectivity index (χ4v) is 4.25. The van der Waals surface area contributed by atoms with Crippen LogP contribution in [0.4, 0.5) is 0 Å². The summed E-state index contributed by atoms with van der Waals surface area (Å²) in [6.07, 6.45) is 0.933. The molecule has 1 saturated heterocycles. The van der Waals surface area contributed by atoms with E-state index in [9.17, 15) is 18.0 Å². The van der Waals surface area contributed by atoms with Crippen LogP contribution in [0.2, 0.25) is 0 Å². The third-order valence-electron chi connectivity index (χ3n) is 3.41. The van der Waals surface area contributed by atoms with Gasteiger partial charge in [0, 0.05) is 6.54 Å². The number of rotatable bonds is 4. The zero-order valence-electron chi connectivity index (χ0n) is 11.5. The van der Waals surface area contributed by atoms with Gasteiger partial charge < -0.3 is 10.5 Å². The molecule has 0 aliphatic carbocycles. The largest absolute Gasteiger partial charge is 0.465 e. The van der Waals surface area contributed by atoms with Crippen molar-refractivity contribution in [2.24, 2.45) is 5.73 Å². The molecule has 0 bridgehead atoms. The zero-order chi connectivity index (χ0) is 15.6. The van der Waals surface area contributed by atoms with Gasteiger partial charge in [-0.3, -0.25) is 4.79 Å². The van der Waals surface area contributed by atoms with Crippen LogP contribution in [0.1, 0.15) is 23.2 Å².